The standard InChI is InChI=1S/C12H19N5O4/c1-8(2)4-13-10(18)6-16(3)12(21)9-5-17(15-14-9)7-11(19)20/h5,8H,4,6-7H2,1-3H3,(H,13,18)(H,19,20). The van der Waals surface area contributed by atoms with Gasteiger partial charge in [-0.3, -0.25) is 14.4 Å². The van der Waals surface area contributed by atoms with E-state index < -0.39 is 11.9 Å². The zero-order valence-electron chi connectivity index (χ0n) is 12.2. The Morgan fingerprint density at radius 1 is 1.43 bits per heavy atom. The number of carboxylic acid groups (broad SMARTS) is 1. The van der Waals surface area contributed by atoms with Gasteiger partial charge in [0.05, 0.1) is 12.7 Å². The number of carboxylic acids is 1. The van der Waals surface area contributed by atoms with Crippen molar-refractivity contribution in [1.82, 2.24) is 25.2 Å². The zero-order valence-corrected chi connectivity index (χ0v) is 12.2. The fraction of sp³-hybridized carbons (Fsp3) is 0.583. The molecular formula is C12H19N5O4. The van der Waals surface area contributed by atoms with Gasteiger partial charge in [-0.2, -0.15) is 0 Å². The summed E-state index contributed by atoms with van der Waals surface area (Å²) in [5, 5.41) is 18.4. The minimum absolute atomic E-state index is 0.00425. The van der Waals surface area contributed by atoms with Crippen LogP contribution in [0.25, 0.3) is 0 Å². The van der Waals surface area contributed by atoms with Gasteiger partial charge in [-0.05, 0) is 5.92 Å². The van der Waals surface area contributed by atoms with Gasteiger partial charge in [-0.15, -0.1) is 5.10 Å². The van der Waals surface area contributed by atoms with Gasteiger partial charge in [0.2, 0.25) is 5.91 Å². The lowest BCUT2D eigenvalue weighted by molar-refractivity contribution is -0.137. The summed E-state index contributed by atoms with van der Waals surface area (Å²) in [6.07, 6.45) is 1.24. The molecule has 1 heterocycles. The van der Waals surface area contributed by atoms with E-state index in [9.17, 15) is 14.4 Å². The Balaban J connectivity index is 2.55. The number of aromatic nitrogens is 3. The molecule has 0 bridgehead atoms. The lowest BCUT2D eigenvalue weighted by Crippen LogP contribution is -2.39. The van der Waals surface area contributed by atoms with E-state index in [4.69, 9.17) is 5.11 Å². The van der Waals surface area contributed by atoms with Crippen LogP contribution in [-0.4, -0.2) is 62.9 Å². The minimum atomic E-state index is -1.08. The van der Waals surface area contributed by atoms with Gasteiger partial charge >= 0.3 is 5.97 Å². The quantitative estimate of drug-likeness (QED) is 0.681. The summed E-state index contributed by atoms with van der Waals surface area (Å²) >= 11 is 0. The summed E-state index contributed by atoms with van der Waals surface area (Å²) < 4.78 is 1.04. The first-order chi connectivity index (χ1) is 9.79. The lowest BCUT2D eigenvalue weighted by atomic mass is 10.2. The Hall–Kier alpha value is -2.45. The summed E-state index contributed by atoms with van der Waals surface area (Å²) in [7, 11) is 1.47. The Labute approximate surface area is 121 Å². The van der Waals surface area contributed by atoms with Gasteiger partial charge in [0.15, 0.2) is 5.69 Å². The fourth-order valence-corrected chi connectivity index (χ4v) is 1.47. The molecule has 116 valence electrons. The summed E-state index contributed by atoms with van der Waals surface area (Å²) in [5.41, 5.74) is -0.00425. The number of carbonyl (C=O) groups is 3. The highest BCUT2D eigenvalue weighted by molar-refractivity contribution is 5.94. The van der Waals surface area contributed by atoms with Crippen LogP contribution in [0.2, 0.25) is 0 Å². The van der Waals surface area contributed by atoms with Crippen LogP contribution in [0, 0.1) is 5.92 Å². The van der Waals surface area contributed by atoms with E-state index in [0.29, 0.717) is 12.5 Å². The van der Waals surface area contributed by atoms with Crippen molar-refractivity contribution in [2.45, 2.75) is 20.4 Å². The highest BCUT2D eigenvalue weighted by Crippen LogP contribution is 1.99. The number of aliphatic carboxylic acids is 1. The Morgan fingerprint density at radius 3 is 2.67 bits per heavy atom. The van der Waals surface area contributed by atoms with Crippen molar-refractivity contribution in [3.8, 4) is 0 Å². The summed E-state index contributed by atoms with van der Waals surface area (Å²) in [6, 6.07) is 0. The lowest BCUT2D eigenvalue weighted by Gasteiger charge is -2.15. The van der Waals surface area contributed by atoms with Gasteiger partial charge in [-0.1, -0.05) is 19.1 Å². The predicted octanol–water partition coefficient (Wildman–Crippen LogP) is -0.793. The van der Waals surface area contributed by atoms with Crippen LogP contribution in [0.4, 0.5) is 0 Å². The maximum absolute atomic E-state index is 12.0. The van der Waals surface area contributed by atoms with Gasteiger partial charge < -0.3 is 15.3 Å². The largest absolute Gasteiger partial charge is 0.480 e. The van der Waals surface area contributed by atoms with E-state index in [1.165, 1.54) is 18.1 Å². The molecule has 9 nitrogen and oxygen atoms in total. The Morgan fingerprint density at radius 2 is 2.10 bits per heavy atom. The smallest absolute Gasteiger partial charge is 0.325 e. The monoisotopic (exact) mass is 297 g/mol. The zero-order chi connectivity index (χ0) is 16.0. The van der Waals surface area contributed by atoms with Gasteiger partial charge in [-0.25, -0.2) is 4.68 Å². The molecule has 0 fully saturated rings. The highest BCUT2D eigenvalue weighted by Gasteiger charge is 2.18. The summed E-state index contributed by atoms with van der Waals surface area (Å²) in [4.78, 5) is 35.3. The van der Waals surface area contributed by atoms with Crippen LogP contribution in [0.15, 0.2) is 6.20 Å². The van der Waals surface area contributed by atoms with Crippen molar-refractivity contribution in [3.05, 3.63) is 11.9 Å². The number of hydrogen-bond donors (Lipinski definition) is 2. The molecule has 0 atom stereocenters. The van der Waals surface area contributed by atoms with Crippen molar-refractivity contribution in [2.75, 3.05) is 20.1 Å². The van der Waals surface area contributed by atoms with Crippen LogP contribution in [-0.2, 0) is 16.1 Å². The van der Waals surface area contributed by atoms with Gasteiger partial charge in [0, 0.05) is 13.6 Å². The molecule has 2 amide bonds. The number of rotatable bonds is 7. The van der Waals surface area contributed by atoms with Crippen LogP contribution < -0.4 is 5.32 Å². The molecule has 0 saturated heterocycles. The molecule has 2 N–H and O–H groups in total. The Kier molecular flexibility index (Phi) is 5.82. The molecule has 1 aromatic heterocycles. The molecule has 21 heavy (non-hydrogen) atoms. The second-order valence-electron chi connectivity index (χ2n) is 5.05. The van der Waals surface area contributed by atoms with E-state index in [0.717, 1.165) is 4.68 Å². The first-order valence-electron chi connectivity index (χ1n) is 6.43. The molecule has 0 radical (unpaired) electrons. The van der Waals surface area contributed by atoms with E-state index >= 15 is 0 Å². The second kappa shape index (κ2) is 7.36. The minimum Gasteiger partial charge on any atom is -0.480 e. The first kappa shape index (κ1) is 16.6. The summed E-state index contributed by atoms with van der Waals surface area (Å²) in [6.45, 7) is 4.00. The van der Waals surface area contributed by atoms with E-state index in [2.05, 4.69) is 15.6 Å². The molecule has 0 aromatic carbocycles. The van der Waals surface area contributed by atoms with Gasteiger partial charge in [0.25, 0.3) is 5.91 Å². The molecule has 0 aliphatic rings. The highest BCUT2D eigenvalue weighted by atomic mass is 16.4. The number of nitrogens with zero attached hydrogens (tertiary/aromatic N) is 4. The number of carbonyl (C=O) groups excluding carboxylic acids is 2. The van der Waals surface area contributed by atoms with Crippen LogP contribution in [0.3, 0.4) is 0 Å². The van der Waals surface area contributed by atoms with E-state index in [-0.39, 0.29) is 24.7 Å². The van der Waals surface area contributed by atoms with Crippen LogP contribution in [0.1, 0.15) is 24.3 Å². The normalized spacial score (nSPS) is 10.5. The topological polar surface area (TPSA) is 117 Å². The number of amides is 2. The molecule has 0 aliphatic carbocycles. The number of hydrogen-bond acceptors (Lipinski definition) is 5. The third-order valence-corrected chi connectivity index (χ3v) is 2.49. The molecular weight excluding hydrogens is 278 g/mol. The van der Waals surface area contributed by atoms with E-state index in [1.54, 1.807) is 0 Å². The van der Waals surface area contributed by atoms with Crippen molar-refractivity contribution in [3.63, 3.8) is 0 Å². The molecule has 0 saturated carbocycles. The van der Waals surface area contributed by atoms with Crippen LogP contribution in [0.5, 0.6) is 0 Å². The fourth-order valence-electron chi connectivity index (χ4n) is 1.47. The third-order valence-electron chi connectivity index (χ3n) is 2.49. The number of likely N-dealkylation sites (N-methyl/N-ethyl adjacent to an activating group) is 1. The first-order valence-corrected chi connectivity index (χ1v) is 6.43. The molecule has 9 heteroatoms. The Bertz CT molecular complexity index is 525. The molecule has 1 rings (SSSR count). The molecule has 0 aliphatic heterocycles. The van der Waals surface area contributed by atoms with Crippen molar-refractivity contribution >= 4 is 17.8 Å². The molecule has 0 spiro atoms. The van der Waals surface area contributed by atoms with Crippen LogP contribution >= 0.6 is 0 Å². The third kappa shape index (κ3) is 5.59. The second-order valence-corrected chi connectivity index (χ2v) is 5.05. The maximum Gasteiger partial charge on any atom is 0.325 e. The number of nitrogens with one attached hydrogen (secondary N) is 1. The van der Waals surface area contributed by atoms with Crippen molar-refractivity contribution in [2.24, 2.45) is 5.92 Å². The maximum atomic E-state index is 12.0. The SMILES string of the molecule is CC(C)CNC(=O)CN(C)C(=O)c1cn(CC(=O)O)nn1. The predicted molar refractivity (Wildman–Crippen MR) is 72.5 cm³/mol. The van der Waals surface area contributed by atoms with Gasteiger partial charge in [0.1, 0.15) is 6.54 Å². The molecule has 1 aromatic rings. The average molecular weight is 297 g/mol. The summed E-state index contributed by atoms with van der Waals surface area (Å²) in [5.74, 6) is -1.52. The average Bonchev–Trinajstić information content (AvgIpc) is 2.82. The van der Waals surface area contributed by atoms with Crippen molar-refractivity contribution in [1.29, 1.82) is 0 Å². The van der Waals surface area contributed by atoms with Crippen molar-refractivity contribution < 1.29 is 19.5 Å². The van der Waals surface area contributed by atoms with E-state index in [1.807, 2.05) is 13.8 Å². The molecule has 0 unspecified atom stereocenters.